The highest BCUT2D eigenvalue weighted by Gasteiger charge is 2.08. The summed E-state index contributed by atoms with van der Waals surface area (Å²) in [4.78, 5) is 25.9. The number of nitrogens with one attached hydrogen (secondary N) is 1. The van der Waals surface area contributed by atoms with Gasteiger partial charge < -0.3 is 9.72 Å². The molecule has 5 nitrogen and oxygen atoms in total. The van der Waals surface area contributed by atoms with Crippen LogP contribution in [0.5, 0.6) is 0 Å². The minimum Gasteiger partial charge on any atom is -0.465 e. The normalized spacial score (nSPS) is 10.6. The van der Waals surface area contributed by atoms with Gasteiger partial charge in [-0.3, -0.25) is 4.57 Å². The lowest BCUT2D eigenvalue weighted by Crippen LogP contribution is -2.22. The molecule has 0 aliphatic heterocycles. The summed E-state index contributed by atoms with van der Waals surface area (Å²) in [5.41, 5.74) is 0.638. The number of rotatable bonds is 2. The zero-order chi connectivity index (χ0) is 13.3. The van der Waals surface area contributed by atoms with E-state index in [-0.39, 0.29) is 5.69 Å². The van der Waals surface area contributed by atoms with Gasteiger partial charge in [-0.15, -0.1) is 0 Å². The van der Waals surface area contributed by atoms with Crippen LogP contribution in [0.15, 0.2) is 23.0 Å². The van der Waals surface area contributed by atoms with Gasteiger partial charge in [0.05, 0.1) is 18.2 Å². The standard InChI is InChI=1S/C12H12N2O3S/c1-3-14-10(18)8-5-4-7(11(15)17-2)6-9(8)13-12(14)16/h4-6H,3H2,1-2H3,(H,13,16). The Hall–Kier alpha value is -1.95. The van der Waals surface area contributed by atoms with Crippen LogP contribution in [0.2, 0.25) is 0 Å². The molecule has 1 aromatic heterocycles. The van der Waals surface area contributed by atoms with E-state index in [0.717, 1.165) is 5.39 Å². The Morgan fingerprint density at radius 3 is 2.83 bits per heavy atom. The molecule has 2 rings (SSSR count). The second-order valence-electron chi connectivity index (χ2n) is 3.73. The van der Waals surface area contributed by atoms with E-state index in [2.05, 4.69) is 9.72 Å². The molecule has 0 fully saturated rings. The lowest BCUT2D eigenvalue weighted by molar-refractivity contribution is 0.0601. The summed E-state index contributed by atoms with van der Waals surface area (Å²) in [6.45, 7) is 2.35. The van der Waals surface area contributed by atoms with Crippen molar-refractivity contribution in [3.05, 3.63) is 38.9 Å². The highest BCUT2D eigenvalue weighted by atomic mass is 32.1. The topological polar surface area (TPSA) is 64.1 Å². The molecule has 0 unspecified atom stereocenters. The van der Waals surface area contributed by atoms with Crippen LogP contribution in [0.1, 0.15) is 17.3 Å². The molecule has 94 valence electrons. The van der Waals surface area contributed by atoms with Gasteiger partial charge in [-0.05, 0) is 25.1 Å². The number of esters is 1. The maximum Gasteiger partial charge on any atom is 0.337 e. The van der Waals surface area contributed by atoms with Crippen molar-refractivity contribution in [2.45, 2.75) is 13.5 Å². The van der Waals surface area contributed by atoms with Gasteiger partial charge in [0.15, 0.2) is 0 Å². The first kappa shape index (κ1) is 12.5. The number of H-pyrrole nitrogens is 1. The summed E-state index contributed by atoms with van der Waals surface area (Å²) < 4.78 is 6.56. The Balaban J connectivity index is 2.78. The van der Waals surface area contributed by atoms with Gasteiger partial charge in [-0.1, -0.05) is 12.2 Å². The maximum atomic E-state index is 11.8. The summed E-state index contributed by atoms with van der Waals surface area (Å²) in [5, 5.41) is 0.735. The van der Waals surface area contributed by atoms with Crippen molar-refractivity contribution in [1.82, 2.24) is 9.55 Å². The predicted octanol–water partition coefficient (Wildman–Crippen LogP) is 1.87. The summed E-state index contributed by atoms with van der Waals surface area (Å²) >= 11 is 5.24. The van der Waals surface area contributed by atoms with Gasteiger partial charge in [0.1, 0.15) is 4.64 Å². The molecule has 0 bridgehead atoms. The van der Waals surface area contributed by atoms with Crippen molar-refractivity contribution < 1.29 is 9.53 Å². The smallest absolute Gasteiger partial charge is 0.337 e. The van der Waals surface area contributed by atoms with E-state index in [1.807, 2.05) is 6.92 Å². The Kier molecular flexibility index (Phi) is 3.29. The first-order valence-corrected chi connectivity index (χ1v) is 5.84. The fourth-order valence-electron chi connectivity index (χ4n) is 1.79. The Bertz CT molecular complexity index is 730. The summed E-state index contributed by atoms with van der Waals surface area (Å²) in [5.74, 6) is -0.448. The number of methoxy groups -OCH3 is 1. The Morgan fingerprint density at radius 2 is 2.22 bits per heavy atom. The van der Waals surface area contributed by atoms with Crippen LogP contribution >= 0.6 is 12.2 Å². The third-order valence-corrected chi connectivity index (χ3v) is 3.16. The lowest BCUT2D eigenvalue weighted by Gasteiger charge is -2.06. The monoisotopic (exact) mass is 264 g/mol. The van der Waals surface area contributed by atoms with Gasteiger partial charge in [-0.25, -0.2) is 9.59 Å². The number of ether oxygens (including phenoxy) is 1. The largest absolute Gasteiger partial charge is 0.465 e. The van der Waals surface area contributed by atoms with Crippen LogP contribution in [0.4, 0.5) is 0 Å². The van der Waals surface area contributed by atoms with E-state index in [1.54, 1.807) is 18.2 Å². The Morgan fingerprint density at radius 1 is 1.50 bits per heavy atom. The minimum atomic E-state index is -0.448. The van der Waals surface area contributed by atoms with Gasteiger partial charge >= 0.3 is 11.7 Å². The average molecular weight is 264 g/mol. The molecule has 1 aromatic carbocycles. The van der Waals surface area contributed by atoms with Crippen LogP contribution in [0.25, 0.3) is 10.9 Å². The molecule has 1 N–H and O–H groups in total. The van der Waals surface area contributed by atoms with Gasteiger partial charge in [-0.2, -0.15) is 0 Å². The second-order valence-corrected chi connectivity index (χ2v) is 4.12. The zero-order valence-electron chi connectivity index (χ0n) is 10.0. The summed E-state index contributed by atoms with van der Waals surface area (Å²) in [6.07, 6.45) is 0. The first-order chi connectivity index (χ1) is 8.58. The van der Waals surface area contributed by atoms with Gasteiger partial charge in [0.25, 0.3) is 0 Å². The number of aromatic amines is 1. The molecule has 0 spiro atoms. The molecule has 0 saturated carbocycles. The molecule has 1 heterocycles. The molecule has 18 heavy (non-hydrogen) atoms. The lowest BCUT2D eigenvalue weighted by atomic mass is 10.1. The van der Waals surface area contributed by atoms with Crippen molar-refractivity contribution >= 4 is 29.1 Å². The molecule has 0 saturated heterocycles. The molecular weight excluding hydrogens is 252 g/mol. The number of nitrogens with zero attached hydrogens (tertiary/aromatic N) is 1. The fourth-order valence-corrected chi connectivity index (χ4v) is 2.18. The SMILES string of the molecule is CCn1c(=O)[nH]c2cc(C(=O)OC)ccc2c1=S. The number of carbonyl (C=O) groups is 1. The second kappa shape index (κ2) is 4.73. The third kappa shape index (κ3) is 1.95. The van der Waals surface area contributed by atoms with E-state index in [1.165, 1.54) is 11.7 Å². The molecule has 0 aliphatic rings. The van der Waals surface area contributed by atoms with Crippen molar-refractivity contribution in [3.8, 4) is 0 Å². The summed E-state index contributed by atoms with van der Waals surface area (Å²) in [7, 11) is 1.31. The molecule has 0 amide bonds. The highest BCUT2D eigenvalue weighted by molar-refractivity contribution is 7.71. The zero-order valence-corrected chi connectivity index (χ0v) is 10.8. The van der Waals surface area contributed by atoms with Crippen LogP contribution in [0, 0.1) is 4.64 Å². The maximum absolute atomic E-state index is 11.8. The van der Waals surface area contributed by atoms with Crippen molar-refractivity contribution in [2.24, 2.45) is 0 Å². The number of hydrogen-bond acceptors (Lipinski definition) is 4. The number of carbonyl (C=O) groups excluding carboxylic acids is 1. The predicted molar refractivity (Wildman–Crippen MR) is 70.4 cm³/mol. The van der Waals surface area contributed by atoms with E-state index in [0.29, 0.717) is 22.3 Å². The molecular formula is C12H12N2O3S. The average Bonchev–Trinajstić information content (AvgIpc) is 2.37. The van der Waals surface area contributed by atoms with Crippen LogP contribution < -0.4 is 5.69 Å². The van der Waals surface area contributed by atoms with Gasteiger partial charge in [0, 0.05) is 11.9 Å². The molecule has 0 aliphatic carbocycles. The summed E-state index contributed by atoms with van der Waals surface area (Å²) in [6, 6.07) is 4.91. The van der Waals surface area contributed by atoms with Crippen LogP contribution in [-0.4, -0.2) is 22.6 Å². The first-order valence-electron chi connectivity index (χ1n) is 5.43. The molecule has 2 aromatic rings. The minimum absolute atomic E-state index is 0.281. The quantitative estimate of drug-likeness (QED) is 0.664. The van der Waals surface area contributed by atoms with E-state index >= 15 is 0 Å². The van der Waals surface area contributed by atoms with Crippen molar-refractivity contribution in [2.75, 3.05) is 7.11 Å². The van der Waals surface area contributed by atoms with E-state index in [9.17, 15) is 9.59 Å². The van der Waals surface area contributed by atoms with E-state index < -0.39 is 5.97 Å². The number of benzene rings is 1. The van der Waals surface area contributed by atoms with Crippen LogP contribution in [-0.2, 0) is 11.3 Å². The molecule has 0 atom stereocenters. The number of aromatic nitrogens is 2. The highest BCUT2D eigenvalue weighted by Crippen LogP contribution is 2.14. The molecule has 0 radical (unpaired) electrons. The van der Waals surface area contributed by atoms with Crippen LogP contribution in [0.3, 0.4) is 0 Å². The number of hydrogen-bond donors (Lipinski definition) is 1. The molecule has 6 heteroatoms. The van der Waals surface area contributed by atoms with Crippen molar-refractivity contribution in [1.29, 1.82) is 0 Å². The van der Waals surface area contributed by atoms with Crippen molar-refractivity contribution in [3.63, 3.8) is 0 Å². The van der Waals surface area contributed by atoms with Gasteiger partial charge in [0.2, 0.25) is 0 Å². The third-order valence-electron chi connectivity index (χ3n) is 2.72. The Labute approximate surface area is 108 Å². The van der Waals surface area contributed by atoms with E-state index in [4.69, 9.17) is 12.2 Å². The fraction of sp³-hybridized carbons (Fsp3) is 0.250. The number of fused-ring (bicyclic) bond motifs is 1.